The van der Waals surface area contributed by atoms with Gasteiger partial charge in [0.05, 0.1) is 23.6 Å². The first-order valence-electron chi connectivity index (χ1n) is 9.22. The summed E-state index contributed by atoms with van der Waals surface area (Å²) in [5.74, 6) is 0.929. The third-order valence-corrected chi connectivity index (χ3v) is 6.40. The summed E-state index contributed by atoms with van der Waals surface area (Å²) in [6.45, 7) is 2.55. The van der Waals surface area contributed by atoms with Crippen LogP contribution in [0.5, 0.6) is 11.5 Å². The van der Waals surface area contributed by atoms with Crippen LogP contribution in [0.3, 0.4) is 0 Å². The van der Waals surface area contributed by atoms with E-state index < -0.39 is 16.1 Å². The zero-order valence-electron chi connectivity index (χ0n) is 17.4. The van der Waals surface area contributed by atoms with Crippen molar-refractivity contribution in [1.29, 1.82) is 0 Å². The summed E-state index contributed by atoms with van der Waals surface area (Å²) in [5.41, 5.74) is 1.22. The predicted molar refractivity (Wildman–Crippen MR) is 116 cm³/mol. The van der Waals surface area contributed by atoms with Gasteiger partial charge < -0.3 is 20.1 Å². The SMILES string of the molecule is CCOc1c(Cl)cc(CNC(=O)NCc2ccccc2S(=O)(=O)N(C)C)cc1OC. The number of nitrogens with one attached hydrogen (secondary N) is 2. The maximum absolute atomic E-state index is 12.4. The van der Waals surface area contributed by atoms with Gasteiger partial charge in [-0.3, -0.25) is 0 Å². The van der Waals surface area contributed by atoms with E-state index in [9.17, 15) is 13.2 Å². The number of sulfonamides is 1. The number of rotatable bonds is 9. The monoisotopic (exact) mass is 455 g/mol. The van der Waals surface area contributed by atoms with E-state index in [1.54, 1.807) is 30.3 Å². The van der Waals surface area contributed by atoms with Crippen LogP contribution in [0.25, 0.3) is 0 Å². The molecule has 0 heterocycles. The number of halogens is 1. The summed E-state index contributed by atoms with van der Waals surface area (Å²) < 4.78 is 36.8. The Morgan fingerprint density at radius 3 is 2.43 bits per heavy atom. The van der Waals surface area contributed by atoms with Crippen molar-refractivity contribution in [3.8, 4) is 11.5 Å². The van der Waals surface area contributed by atoms with Crippen LogP contribution in [0, 0.1) is 0 Å². The number of amides is 2. The molecule has 0 spiro atoms. The minimum atomic E-state index is -3.61. The van der Waals surface area contributed by atoms with Crippen molar-refractivity contribution in [2.75, 3.05) is 27.8 Å². The first-order valence-corrected chi connectivity index (χ1v) is 11.0. The molecule has 2 amide bonds. The third-order valence-electron chi connectivity index (χ3n) is 4.20. The van der Waals surface area contributed by atoms with Gasteiger partial charge in [0, 0.05) is 27.2 Å². The second-order valence-corrected chi connectivity index (χ2v) is 9.00. The van der Waals surface area contributed by atoms with Gasteiger partial charge in [0.2, 0.25) is 10.0 Å². The van der Waals surface area contributed by atoms with Crippen LogP contribution >= 0.6 is 11.6 Å². The molecule has 0 fully saturated rings. The van der Waals surface area contributed by atoms with Gasteiger partial charge in [-0.2, -0.15) is 0 Å². The van der Waals surface area contributed by atoms with Crippen LogP contribution in [0.15, 0.2) is 41.3 Å². The maximum Gasteiger partial charge on any atom is 0.315 e. The fourth-order valence-corrected chi connectivity index (χ4v) is 4.08. The highest BCUT2D eigenvalue weighted by atomic mass is 35.5. The summed E-state index contributed by atoms with van der Waals surface area (Å²) in [4.78, 5) is 12.4. The Morgan fingerprint density at radius 2 is 1.80 bits per heavy atom. The van der Waals surface area contributed by atoms with Crippen LogP contribution in [-0.4, -0.2) is 46.6 Å². The Bertz CT molecular complexity index is 996. The molecule has 0 aliphatic rings. The number of methoxy groups -OCH3 is 1. The van der Waals surface area contributed by atoms with E-state index in [1.807, 2.05) is 6.92 Å². The standard InChI is InChI=1S/C20H26ClN3O5S/c1-5-29-19-16(21)10-14(11-17(19)28-4)12-22-20(25)23-13-15-8-6-7-9-18(15)30(26,27)24(2)3/h6-11H,5,12-13H2,1-4H3,(H2,22,23,25). The predicted octanol–water partition coefficient (Wildman–Crippen LogP) is 3.00. The molecule has 30 heavy (non-hydrogen) atoms. The number of hydrogen-bond donors (Lipinski definition) is 2. The largest absolute Gasteiger partial charge is 0.493 e. The lowest BCUT2D eigenvalue weighted by atomic mass is 10.2. The Morgan fingerprint density at radius 1 is 1.13 bits per heavy atom. The molecule has 2 N–H and O–H groups in total. The summed E-state index contributed by atoms with van der Waals surface area (Å²) in [6, 6.07) is 9.51. The molecule has 164 valence electrons. The first kappa shape index (κ1) is 23.8. The fourth-order valence-electron chi connectivity index (χ4n) is 2.68. The van der Waals surface area contributed by atoms with E-state index in [0.717, 1.165) is 9.87 Å². The second-order valence-electron chi connectivity index (χ2n) is 6.47. The lowest BCUT2D eigenvalue weighted by Crippen LogP contribution is -2.35. The van der Waals surface area contributed by atoms with Crippen molar-refractivity contribution in [1.82, 2.24) is 14.9 Å². The summed E-state index contributed by atoms with van der Waals surface area (Å²) in [7, 11) is 0.822. The molecule has 0 aliphatic heterocycles. The van der Waals surface area contributed by atoms with E-state index in [0.29, 0.717) is 28.7 Å². The topological polar surface area (TPSA) is 97.0 Å². The maximum atomic E-state index is 12.4. The van der Waals surface area contributed by atoms with Crippen molar-refractivity contribution in [3.63, 3.8) is 0 Å². The fraction of sp³-hybridized carbons (Fsp3) is 0.350. The minimum Gasteiger partial charge on any atom is -0.493 e. The number of nitrogens with zero attached hydrogens (tertiary/aromatic N) is 1. The molecule has 0 radical (unpaired) electrons. The molecule has 0 unspecified atom stereocenters. The van der Waals surface area contributed by atoms with Crippen LogP contribution < -0.4 is 20.1 Å². The molecule has 2 aromatic carbocycles. The Balaban J connectivity index is 2.03. The quantitative estimate of drug-likeness (QED) is 0.605. The zero-order valence-corrected chi connectivity index (χ0v) is 18.9. The summed E-state index contributed by atoms with van der Waals surface area (Å²) in [5, 5.41) is 5.77. The van der Waals surface area contributed by atoms with Crippen LogP contribution in [0.1, 0.15) is 18.1 Å². The first-order chi connectivity index (χ1) is 14.2. The van der Waals surface area contributed by atoms with Gasteiger partial charge >= 0.3 is 6.03 Å². The summed E-state index contributed by atoms with van der Waals surface area (Å²) >= 11 is 6.24. The van der Waals surface area contributed by atoms with Crippen molar-refractivity contribution < 1.29 is 22.7 Å². The average Bonchev–Trinajstić information content (AvgIpc) is 2.72. The highest BCUT2D eigenvalue weighted by Gasteiger charge is 2.20. The van der Waals surface area contributed by atoms with Crippen LogP contribution in [0.2, 0.25) is 5.02 Å². The molecular formula is C20H26ClN3O5S. The highest BCUT2D eigenvalue weighted by molar-refractivity contribution is 7.89. The third kappa shape index (κ3) is 5.78. The molecule has 0 saturated carbocycles. The Labute approximate surface area is 182 Å². The number of carbonyl (C=O) groups excluding carboxylic acids is 1. The van der Waals surface area contributed by atoms with Crippen LogP contribution in [0.4, 0.5) is 4.79 Å². The van der Waals surface area contributed by atoms with Crippen LogP contribution in [-0.2, 0) is 23.1 Å². The summed E-state index contributed by atoms with van der Waals surface area (Å²) in [6.07, 6.45) is 0. The van der Waals surface area contributed by atoms with E-state index in [2.05, 4.69) is 10.6 Å². The molecule has 0 bridgehead atoms. The molecule has 0 atom stereocenters. The number of benzene rings is 2. The molecule has 2 aromatic rings. The number of carbonyl (C=O) groups is 1. The number of urea groups is 1. The van der Waals surface area contributed by atoms with Gasteiger partial charge in [-0.05, 0) is 36.2 Å². The van der Waals surface area contributed by atoms with E-state index in [-0.39, 0.29) is 18.0 Å². The molecular weight excluding hydrogens is 430 g/mol. The van der Waals surface area contributed by atoms with Gasteiger partial charge in [0.1, 0.15) is 0 Å². The van der Waals surface area contributed by atoms with Gasteiger partial charge in [0.25, 0.3) is 0 Å². The van der Waals surface area contributed by atoms with Gasteiger partial charge in [-0.15, -0.1) is 0 Å². The molecule has 8 nitrogen and oxygen atoms in total. The second kappa shape index (κ2) is 10.5. The molecule has 0 aromatic heterocycles. The molecule has 0 saturated heterocycles. The van der Waals surface area contributed by atoms with Gasteiger partial charge in [0.15, 0.2) is 11.5 Å². The lowest BCUT2D eigenvalue weighted by Gasteiger charge is -2.16. The van der Waals surface area contributed by atoms with Crippen molar-refractivity contribution in [2.24, 2.45) is 0 Å². The molecule has 0 aliphatic carbocycles. The Hall–Kier alpha value is -2.49. The molecule has 10 heteroatoms. The van der Waals surface area contributed by atoms with E-state index in [1.165, 1.54) is 27.3 Å². The van der Waals surface area contributed by atoms with E-state index in [4.69, 9.17) is 21.1 Å². The smallest absolute Gasteiger partial charge is 0.315 e. The van der Waals surface area contributed by atoms with Crippen molar-refractivity contribution >= 4 is 27.7 Å². The van der Waals surface area contributed by atoms with Gasteiger partial charge in [-0.1, -0.05) is 29.8 Å². The zero-order chi connectivity index (χ0) is 22.3. The average molecular weight is 456 g/mol. The molecule has 2 rings (SSSR count). The van der Waals surface area contributed by atoms with E-state index >= 15 is 0 Å². The lowest BCUT2D eigenvalue weighted by molar-refractivity contribution is 0.240. The number of hydrogen-bond acceptors (Lipinski definition) is 5. The Kier molecular flexibility index (Phi) is 8.33. The van der Waals surface area contributed by atoms with Crippen molar-refractivity contribution in [3.05, 3.63) is 52.5 Å². The normalized spacial score (nSPS) is 11.3. The van der Waals surface area contributed by atoms with Gasteiger partial charge in [-0.25, -0.2) is 17.5 Å². The number of ether oxygens (including phenoxy) is 2. The highest BCUT2D eigenvalue weighted by Crippen LogP contribution is 2.36. The van der Waals surface area contributed by atoms with Crippen molar-refractivity contribution in [2.45, 2.75) is 24.9 Å². The minimum absolute atomic E-state index is 0.0580.